The lowest BCUT2D eigenvalue weighted by Gasteiger charge is -2.41. The van der Waals surface area contributed by atoms with Crippen LogP contribution in [0, 0.1) is 5.41 Å². The summed E-state index contributed by atoms with van der Waals surface area (Å²) < 4.78 is 17.7. The SMILES string of the molecule is C=CCC1(C)C(OC(=O)c2ccccc2)CCC12OCCO2. The van der Waals surface area contributed by atoms with Crippen LogP contribution in [0.1, 0.15) is 36.5 Å². The summed E-state index contributed by atoms with van der Waals surface area (Å²) >= 11 is 0. The molecule has 0 N–H and O–H groups in total. The molecule has 2 fully saturated rings. The summed E-state index contributed by atoms with van der Waals surface area (Å²) in [6.45, 7) is 7.09. The molecule has 0 amide bonds. The van der Waals surface area contributed by atoms with Gasteiger partial charge in [-0.2, -0.15) is 0 Å². The number of allylic oxidation sites excluding steroid dienone is 1. The Hall–Kier alpha value is -1.65. The van der Waals surface area contributed by atoms with Gasteiger partial charge in [-0.1, -0.05) is 31.2 Å². The van der Waals surface area contributed by atoms with Gasteiger partial charge in [-0.3, -0.25) is 0 Å². The van der Waals surface area contributed by atoms with E-state index in [0.717, 1.165) is 12.8 Å². The minimum Gasteiger partial charge on any atom is -0.458 e. The van der Waals surface area contributed by atoms with Gasteiger partial charge < -0.3 is 14.2 Å². The maximum atomic E-state index is 12.4. The topological polar surface area (TPSA) is 44.8 Å². The Balaban J connectivity index is 1.81. The predicted molar refractivity (Wildman–Crippen MR) is 82.4 cm³/mol. The molecule has 3 rings (SSSR count). The highest BCUT2D eigenvalue weighted by atomic mass is 16.7. The Morgan fingerprint density at radius 2 is 2.05 bits per heavy atom. The monoisotopic (exact) mass is 302 g/mol. The van der Waals surface area contributed by atoms with E-state index in [4.69, 9.17) is 14.2 Å². The van der Waals surface area contributed by atoms with Crippen molar-refractivity contribution in [1.82, 2.24) is 0 Å². The van der Waals surface area contributed by atoms with Crippen LogP contribution in [-0.2, 0) is 14.2 Å². The van der Waals surface area contributed by atoms with Crippen LogP contribution < -0.4 is 0 Å². The number of carbonyl (C=O) groups excluding carboxylic acids is 1. The normalized spacial score (nSPS) is 29.6. The Bertz CT molecular complexity index is 547. The van der Waals surface area contributed by atoms with E-state index in [0.29, 0.717) is 25.2 Å². The zero-order valence-electron chi connectivity index (χ0n) is 12.9. The van der Waals surface area contributed by atoms with Gasteiger partial charge in [0.1, 0.15) is 6.10 Å². The predicted octanol–water partition coefficient (Wildman–Crippen LogP) is 3.33. The molecule has 1 aromatic rings. The number of esters is 1. The molecule has 4 nitrogen and oxygen atoms in total. The van der Waals surface area contributed by atoms with Crippen molar-refractivity contribution in [3.8, 4) is 0 Å². The van der Waals surface area contributed by atoms with Crippen molar-refractivity contribution in [2.24, 2.45) is 5.41 Å². The third kappa shape index (κ3) is 2.36. The van der Waals surface area contributed by atoms with Gasteiger partial charge in [-0.25, -0.2) is 4.79 Å². The van der Waals surface area contributed by atoms with Crippen molar-refractivity contribution >= 4 is 5.97 Å². The molecule has 1 aliphatic carbocycles. The molecular formula is C18H22O4. The van der Waals surface area contributed by atoms with Gasteiger partial charge in [0.25, 0.3) is 0 Å². The number of hydrogen-bond donors (Lipinski definition) is 0. The van der Waals surface area contributed by atoms with Crippen LogP contribution >= 0.6 is 0 Å². The number of rotatable bonds is 4. The summed E-state index contributed by atoms with van der Waals surface area (Å²) in [5, 5.41) is 0. The summed E-state index contributed by atoms with van der Waals surface area (Å²) in [4.78, 5) is 12.4. The van der Waals surface area contributed by atoms with Crippen molar-refractivity contribution in [3.63, 3.8) is 0 Å². The Kier molecular flexibility index (Phi) is 4.06. The summed E-state index contributed by atoms with van der Waals surface area (Å²) in [6, 6.07) is 9.07. The van der Waals surface area contributed by atoms with Gasteiger partial charge in [0.15, 0.2) is 5.79 Å². The fourth-order valence-electron chi connectivity index (χ4n) is 3.65. The maximum absolute atomic E-state index is 12.4. The molecule has 1 spiro atoms. The van der Waals surface area contributed by atoms with Crippen LogP contribution in [0.4, 0.5) is 0 Å². The van der Waals surface area contributed by atoms with Gasteiger partial charge in [-0.15, -0.1) is 6.58 Å². The Labute approximate surface area is 131 Å². The van der Waals surface area contributed by atoms with E-state index in [1.54, 1.807) is 12.1 Å². The molecule has 1 heterocycles. The quantitative estimate of drug-likeness (QED) is 0.632. The molecule has 0 aromatic heterocycles. The van der Waals surface area contributed by atoms with Crippen LogP contribution in [0.2, 0.25) is 0 Å². The molecule has 118 valence electrons. The summed E-state index contributed by atoms with van der Waals surface area (Å²) in [6.07, 6.45) is 3.77. The second kappa shape index (κ2) is 5.86. The molecule has 1 saturated carbocycles. The van der Waals surface area contributed by atoms with E-state index in [-0.39, 0.29) is 12.1 Å². The van der Waals surface area contributed by atoms with Gasteiger partial charge in [-0.05, 0) is 25.0 Å². The molecule has 0 radical (unpaired) electrons. The number of ether oxygens (including phenoxy) is 3. The van der Waals surface area contributed by atoms with E-state index >= 15 is 0 Å². The van der Waals surface area contributed by atoms with E-state index < -0.39 is 11.2 Å². The summed E-state index contributed by atoms with van der Waals surface area (Å²) in [7, 11) is 0. The zero-order valence-corrected chi connectivity index (χ0v) is 12.9. The van der Waals surface area contributed by atoms with E-state index in [2.05, 4.69) is 13.5 Å². The second-order valence-corrected chi connectivity index (χ2v) is 6.16. The van der Waals surface area contributed by atoms with E-state index in [1.165, 1.54) is 0 Å². The van der Waals surface area contributed by atoms with Gasteiger partial charge in [0, 0.05) is 6.42 Å². The van der Waals surface area contributed by atoms with Crippen LogP contribution in [-0.4, -0.2) is 31.1 Å². The molecule has 1 aromatic carbocycles. The van der Waals surface area contributed by atoms with Crippen LogP contribution in [0.25, 0.3) is 0 Å². The molecule has 2 unspecified atom stereocenters. The summed E-state index contributed by atoms with van der Waals surface area (Å²) in [5.74, 6) is -0.945. The van der Waals surface area contributed by atoms with Crippen molar-refractivity contribution in [2.75, 3.05) is 13.2 Å². The third-order valence-electron chi connectivity index (χ3n) is 4.90. The average molecular weight is 302 g/mol. The van der Waals surface area contributed by atoms with Gasteiger partial charge >= 0.3 is 5.97 Å². The number of carbonyl (C=O) groups is 1. The lowest BCUT2D eigenvalue weighted by Crippen LogP contribution is -2.48. The standard InChI is InChI=1S/C18H22O4/c1-3-10-17(2)15(9-11-18(17)20-12-13-21-18)22-16(19)14-7-5-4-6-8-14/h3-8,15H,1,9-13H2,2H3. The van der Waals surface area contributed by atoms with Crippen molar-refractivity contribution in [3.05, 3.63) is 48.6 Å². The minimum absolute atomic E-state index is 0.240. The zero-order chi connectivity index (χ0) is 15.6. The van der Waals surface area contributed by atoms with Gasteiger partial charge in [0.05, 0.1) is 24.2 Å². The second-order valence-electron chi connectivity index (χ2n) is 6.16. The molecule has 1 aliphatic heterocycles. The minimum atomic E-state index is -0.650. The lowest BCUT2D eigenvalue weighted by molar-refractivity contribution is -0.229. The lowest BCUT2D eigenvalue weighted by atomic mass is 9.78. The highest BCUT2D eigenvalue weighted by Gasteiger charge is 2.62. The van der Waals surface area contributed by atoms with Crippen molar-refractivity contribution < 1.29 is 19.0 Å². The van der Waals surface area contributed by atoms with Crippen molar-refractivity contribution in [2.45, 2.75) is 38.1 Å². The maximum Gasteiger partial charge on any atom is 0.338 e. The number of hydrogen-bond acceptors (Lipinski definition) is 4. The molecule has 2 aliphatic rings. The first-order valence-corrected chi connectivity index (χ1v) is 7.76. The fourth-order valence-corrected chi connectivity index (χ4v) is 3.65. The molecule has 2 atom stereocenters. The average Bonchev–Trinajstić information content (AvgIpc) is 3.11. The Morgan fingerprint density at radius 3 is 2.68 bits per heavy atom. The smallest absolute Gasteiger partial charge is 0.338 e. The first-order valence-electron chi connectivity index (χ1n) is 7.76. The fraction of sp³-hybridized carbons (Fsp3) is 0.500. The molecule has 1 saturated heterocycles. The summed E-state index contributed by atoms with van der Waals surface area (Å²) in [5.41, 5.74) is 0.160. The van der Waals surface area contributed by atoms with Crippen LogP contribution in [0.5, 0.6) is 0 Å². The number of benzene rings is 1. The largest absolute Gasteiger partial charge is 0.458 e. The first kappa shape index (κ1) is 15.3. The third-order valence-corrected chi connectivity index (χ3v) is 4.90. The van der Waals surface area contributed by atoms with E-state index in [1.807, 2.05) is 24.3 Å². The molecule has 4 heteroatoms. The first-order chi connectivity index (χ1) is 10.6. The molecule has 22 heavy (non-hydrogen) atoms. The molecular weight excluding hydrogens is 280 g/mol. The highest BCUT2D eigenvalue weighted by molar-refractivity contribution is 5.89. The van der Waals surface area contributed by atoms with E-state index in [9.17, 15) is 4.79 Å². The molecule has 0 bridgehead atoms. The van der Waals surface area contributed by atoms with Crippen LogP contribution in [0.15, 0.2) is 43.0 Å². The van der Waals surface area contributed by atoms with Crippen molar-refractivity contribution in [1.29, 1.82) is 0 Å². The van der Waals surface area contributed by atoms with Crippen LogP contribution in [0.3, 0.4) is 0 Å². The highest BCUT2D eigenvalue weighted by Crippen LogP contribution is 2.54. The Morgan fingerprint density at radius 1 is 1.36 bits per heavy atom. The van der Waals surface area contributed by atoms with Gasteiger partial charge in [0.2, 0.25) is 0 Å².